The van der Waals surface area contributed by atoms with Crippen molar-refractivity contribution < 1.29 is 0 Å². The van der Waals surface area contributed by atoms with Crippen LogP contribution in [0.2, 0.25) is 5.02 Å². The molecule has 1 fully saturated rings. The van der Waals surface area contributed by atoms with Gasteiger partial charge in [0.2, 0.25) is 0 Å². The van der Waals surface area contributed by atoms with Gasteiger partial charge < -0.3 is 4.90 Å². The number of aromatic nitrogens is 3. The summed E-state index contributed by atoms with van der Waals surface area (Å²) in [5, 5.41) is 10.7. The SMILES string of the molecule is CN1CCCC[C@H]1CCSc1nnc(-c2ccccc2)n1-c1ccc(Cl)cc1. The fourth-order valence-corrected chi connectivity index (χ4v) is 4.87. The number of thioether (sulfide) groups is 1. The highest BCUT2D eigenvalue weighted by Crippen LogP contribution is 2.30. The van der Waals surface area contributed by atoms with Crippen LogP contribution in [0.1, 0.15) is 25.7 Å². The lowest BCUT2D eigenvalue weighted by Crippen LogP contribution is -2.36. The van der Waals surface area contributed by atoms with Crippen LogP contribution in [0.4, 0.5) is 0 Å². The summed E-state index contributed by atoms with van der Waals surface area (Å²) in [6.07, 6.45) is 5.15. The molecule has 2 aromatic carbocycles. The quantitative estimate of drug-likeness (QED) is 0.497. The molecule has 0 unspecified atom stereocenters. The van der Waals surface area contributed by atoms with E-state index in [0.29, 0.717) is 6.04 Å². The summed E-state index contributed by atoms with van der Waals surface area (Å²) in [6, 6.07) is 18.8. The molecule has 1 saturated heterocycles. The molecule has 1 aromatic heterocycles. The number of halogens is 1. The normalized spacial score (nSPS) is 17.7. The third-order valence-corrected chi connectivity index (χ3v) is 6.57. The smallest absolute Gasteiger partial charge is 0.196 e. The second-order valence-electron chi connectivity index (χ2n) is 7.25. The van der Waals surface area contributed by atoms with Gasteiger partial charge in [0.1, 0.15) is 0 Å². The average molecular weight is 413 g/mol. The molecule has 0 amide bonds. The molecule has 146 valence electrons. The highest BCUT2D eigenvalue weighted by Gasteiger charge is 2.20. The number of piperidine rings is 1. The van der Waals surface area contributed by atoms with E-state index in [0.717, 1.165) is 33.0 Å². The molecule has 4 rings (SSSR count). The summed E-state index contributed by atoms with van der Waals surface area (Å²) in [6.45, 7) is 1.22. The third kappa shape index (κ3) is 4.43. The van der Waals surface area contributed by atoms with E-state index in [1.54, 1.807) is 11.8 Å². The Hall–Kier alpha value is -1.82. The molecule has 28 heavy (non-hydrogen) atoms. The number of rotatable bonds is 6. The van der Waals surface area contributed by atoms with Gasteiger partial charge in [0.25, 0.3) is 0 Å². The Labute approximate surface area is 175 Å². The molecule has 1 aliphatic rings. The predicted molar refractivity (Wildman–Crippen MR) is 117 cm³/mol. The number of nitrogens with zero attached hydrogens (tertiary/aromatic N) is 4. The van der Waals surface area contributed by atoms with Crippen molar-refractivity contribution in [2.75, 3.05) is 19.3 Å². The van der Waals surface area contributed by atoms with Gasteiger partial charge in [0, 0.05) is 28.1 Å². The zero-order valence-electron chi connectivity index (χ0n) is 16.1. The Morgan fingerprint density at radius 3 is 2.57 bits per heavy atom. The first kappa shape index (κ1) is 19.5. The van der Waals surface area contributed by atoms with Crippen molar-refractivity contribution >= 4 is 23.4 Å². The van der Waals surface area contributed by atoms with Crippen LogP contribution in [-0.4, -0.2) is 45.1 Å². The van der Waals surface area contributed by atoms with E-state index in [1.807, 2.05) is 42.5 Å². The van der Waals surface area contributed by atoms with Gasteiger partial charge in [-0.15, -0.1) is 10.2 Å². The molecular weight excluding hydrogens is 388 g/mol. The summed E-state index contributed by atoms with van der Waals surface area (Å²) >= 11 is 7.89. The molecule has 0 N–H and O–H groups in total. The van der Waals surface area contributed by atoms with Crippen molar-refractivity contribution in [3.05, 3.63) is 59.6 Å². The van der Waals surface area contributed by atoms with Crippen LogP contribution in [0.25, 0.3) is 17.1 Å². The topological polar surface area (TPSA) is 34.0 Å². The zero-order chi connectivity index (χ0) is 19.3. The monoisotopic (exact) mass is 412 g/mol. The molecule has 4 nitrogen and oxygen atoms in total. The van der Waals surface area contributed by atoms with E-state index in [2.05, 4.69) is 38.8 Å². The number of hydrogen-bond donors (Lipinski definition) is 0. The molecule has 0 radical (unpaired) electrons. The predicted octanol–water partition coefficient (Wildman–Crippen LogP) is 5.55. The van der Waals surface area contributed by atoms with E-state index >= 15 is 0 Å². The van der Waals surface area contributed by atoms with E-state index in [9.17, 15) is 0 Å². The van der Waals surface area contributed by atoms with Crippen molar-refractivity contribution in [2.24, 2.45) is 0 Å². The fourth-order valence-electron chi connectivity index (χ4n) is 3.76. The highest BCUT2D eigenvalue weighted by atomic mass is 35.5. The van der Waals surface area contributed by atoms with Gasteiger partial charge in [-0.2, -0.15) is 0 Å². The fraction of sp³-hybridized carbons (Fsp3) is 0.364. The first-order chi connectivity index (χ1) is 13.7. The van der Waals surface area contributed by atoms with Crippen LogP contribution in [0, 0.1) is 0 Å². The first-order valence-electron chi connectivity index (χ1n) is 9.82. The second kappa shape index (κ2) is 9.12. The summed E-state index contributed by atoms with van der Waals surface area (Å²) in [5.41, 5.74) is 2.09. The van der Waals surface area contributed by atoms with Gasteiger partial charge in [0.15, 0.2) is 11.0 Å². The van der Waals surface area contributed by atoms with Crippen molar-refractivity contribution in [2.45, 2.75) is 36.9 Å². The Morgan fingerprint density at radius 1 is 1.04 bits per heavy atom. The Bertz CT molecular complexity index is 895. The second-order valence-corrected chi connectivity index (χ2v) is 8.75. The molecule has 1 atom stereocenters. The van der Waals surface area contributed by atoms with Crippen molar-refractivity contribution in [1.29, 1.82) is 0 Å². The van der Waals surface area contributed by atoms with Gasteiger partial charge in [0.05, 0.1) is 0 Å². The van der Waals surface area contributed by atoms with E-state index in [-0.39, 0.29) is 0 Å². The van der Waals surface area contributed by atoms with E-state index < -0.39 is 0 Å². The first-order valence-corrected chi connectivity index (χ1v) is 11.2. The summed E-state index contributed by atoms with van der Waals surface area (Å²) in [5.74, 6) is 1.90. The minimum atomic E-state index is 0.682. The van der Waals surface area contributed by atoms with Crippen LogP contribution in [-0.2, 0) is 0 Å². The van der Waals surface area contributed by atoms with Crippen LogP contribution in [0.5, 0.6) is 0 Å². The van der Waals surface area contributed by atoms with Crippen LogP contribution in [0.3, 0.4) is 0 Å². The molecule has 2 heterocycles. The Balaban J connectivity index is 1.58. The Kier molecular flexibility index (Phi) is 6.35. The van der Waals surface area contributed by atoms with Crippen molar-refractivity contribution in [3.63, 3.8) is 0 Å². The van der Waals surface area contributed by atoms with Gasteiger partial charge in [-0.25, -0.2) is 0 Å². The largest absolute Gasteiger partial charge is 0.303 e. The van der Waals surface area contributed by atoms with Crippen LogP contribution in [0.15, 0.2) is 59.8 Å². The molecule has 0 aliphatic carbocycles. The molecule has 0 spiro atoms. The standard InChI is InChI=1S/C22H25ClN4S/c1-26-15-6-5-9-19(26)14-16-28-22-25-24-21(17-7-3-2-4-8-17)27(22)20-12-10-18(23)11-13-20/h2-4,7-8,10-13,19H,5-6,9,14-16H2,1H3/t19-/m0/s1. The summed E-state index contributed by atoms with van der Waals surface area (Å²) < 4.78 is 2.14. The summed E-state index contributed by atoms with van der Waals surface area (Å²) in [4.78, 5) is 2.50. The molecular formula is C22H25ClN4S. The zero-order valence-corrected chi connectivity index (χ0v) is 17.7. The average Bonchev–Trinajstić information content (AvgIpc) is 3.14. The van der Waals surface area contributed by atoms with Crippen molar-refractivity contribution in [3.8, 4) is 17.1 Å². The molecule has 0 bridgehead atoms. The van der Waals surface area contributed by atoms with Gasteiger partial charge in [-0.1, -0.05) is 60.1 Å². The Morgan fingerprint density at radius 2 is 1.82 bits per heavy atom. The maximum atomic E-state index is 6.10. The lowest BCUT2D eigenvalue weighted by molar-refractivity contribution is 0.182. The summed E-state index contributed by atoms with van der Waals surface area (Å²) in [7, 11) is 2.25. The van der Waals surface area contributed by atoms with Crippen molar-refractivity contribution in [1.82, 2.24) is 19.7 Å². The van der Waals surface area contributed by atoms with E-state index in [4.69, 9.17) is 11.6 Å². The van der Waals surface area contributed by atoms with Crippen LogP contribution < -0.4 is 0 Å². The van der Waals surface area contributed by atoms with Gasteiger partial charge in [-0.05, 0) is 57.1 Å². The molecule has 3 aromatic rings. The third-order valence-electron chi connectivity index (χ3n) is 5.35. The number of hydrogen-bond acceptors (Lipinski definition) is 4. The maximum absolute atomic E-state index is 6.10. The highest BCUT2D eigenvalue weighted by molar-refractivity contribution is 7.99. The van der Waals surface area contributed by atoms with Gasteiger partial charge in [-0.3, -0.25) is 4.57 Å². The number of benzene rings is 2. The minimum absolute atomic E-state index is 0.682. The van der Waals surface area contributed by atoms with Crippen LogP contribution >= 0.6 is 23.4 Å². The minimum Gasteiger partial charge on any atom is -0.303 e. The lowest BCUT2D eigenvalue weighted by atomic mass is 10.0. The van der Waals surface area contributed by atoms with Gasteiger partial charge >= 0.3 is 0 Å². The maximum Gasteiger partial charge on any atom is 0.196 e. The number of likely N-dealkylation sites (tertiary alicyclic amines) is 1. The van der Waals surface area contributed by atoms with E-state index in [1.165, 1.54) is 32.2 Å². The lowest BCUT2D eigenvalue weighted by Gasteiger charge is -2.32. The molecule has 6 heteroatoms. The molecule has 0 saturated carbocycles. The molecule has 1 aliphatic heterocycles.